The van der Waals surface area contributed by atoms with Gasteiger partial charge in [0.1, 0.15) is 0 Å². The van der Waals surface area contributed by atoms with Crippen LogP contribution in [-0.4, -0.2) is 29.3 Å². The number of carbonyl (C=O) groups is 2. The van der Waals surface area contributed by atoms with Gasteiger partial charge >= 0.3 is 0 Å². The molecular weight excluding hydrogens is 466 g/mol. The Labute approximate surface area is 189 Å². The van der Waals surface area contributed by atoms with E-state index in [0.717, 1.165) is 40.2 Å². The van der Waals surface area contributed by atoms with E-state index in [1.54, 1.807) is 6.08 Å². The topological polar surface area (TPSA) is 55.8 Å². The van der Waals surface area contributed by atoms with E-state index in [1.165, 1.54) is 4.90 Å². The van der Waals surface area contributed by atoms with Crippen molar-refractivity contribution in [1.29, 1.82) is 0 Å². The molecule has 0 atom stereocenters. The molecule has 3 rings (SSSR count). The summed E-state index contributed by atoms with van der Waals surface area (Å²) < 4.78 is 12.4. The molecule has 2 amide bonds. The zero-order valence-electron chi connectivity index (χ0n) is 17.0. The van der Waals surface area contributed by atoms with E-state index in [2.05, 4.69) is 22.9 Å². The highest BCUT2D eigenvalue weighted by molar-refractivity contribution is 9.10. The van der Waals surface area contributed by atoms with Gasteiger partial charge in [-0.2, -0.15) is 0 Å². The summed E-state index contributed by atoms with van der Waals surface area (Å²) in [5, 5.41) is -0.268. The summed E-state index contributed by atoms with van der Waals surface area (Å²) in [6.45, 7) is 5.41. The lowest BCUT2D eigenvalue weighted by Crippen LogP contribution is -2.27. The number of unbranched alkanes of at least 4 members (excludes halogenated alkanes) is 1. The maximum Gasteiger partial charge on any atom is 0.293 e. The first kappa shape index (κ1) is 22.4. The minimum absolute atomic E-state index is 0.246. The molecule has 1 fully saturated rings. The van der Waals surface area contributed by atoms with Crippen LogP contribution in [0, 0.1) is 0 Å². The summed E-state index contributed by atoms with van der Waals surface area (Å²) in [5.41, 5.74) is 1.68. The number of nitrogens with zero attached hydrogens (tertiary/aromatic N) is 1. The molecule has 1 heterocycles. The number of ether oxygens (including phenoxy) is 2. The quantitative estimate of drug-likeness (QED) is 0.307. The van der Waals surface area contributed by atoms with Crippen LogP contribution >= 0.6 is 27.7 Å². The van der Waals surface area contributed by atoms with E-state index >= 15 is 0 Å². The first-order valence-electron chi connectivity index (χ1n) is 9.91. The molecule has 158 valence electrons. The molecule has 0 radical (unpaired) electrons. The van der Waals surface area contributed by atoms with Crippen molar-refractivity contribution >= 4 is 44.9 Å². The largest absolute Gasteiger partial charge is 0.490 e. The van der Waals surface area contributed by atoms with Crippen LogP contribution in [-0.2, 0) is 11.3 Å². The first-order chi connectivity index (χ1) is 14.5. The monoisotopic (exact) mass is 489 g/mol. The van der Waals surface area contributed by atoms with E-state index in [4.69, 9.17) is 9.47 Å². The number of hydrogen-bond donors (Lipinski definition) is 0. The van der Waals surface area contributed by atoms with Gasteiger partial charge in [-0.05, 0) is 66.6 Å². The van der Waals surface area contributed by atoms with Crippen molar-refractivity contribution in [2.45, 2.75) is 33.2 Å². The second-order valence-electron chi connectivity index (χ2n) is 6.74. The molecule has 1 aliphatic rings. The average Bonchev–Trinajstić information content (AvgIpc) is 2.97. The number of halogens is 1. The summed E-state index contributed by atoms with van der Waals surface area (Å²) in [4.78, 5) is 26.9. The van der Waals surface area contributed by atoms with Crippen LogP contribution in [0.1, 0.15) is 37.8 Å². The standard InChI is InChI=1S/C23H24BrNO4S/c1-3-5-11-29-19-10-9-16(13-20(19)28-4-2)14-21-22(26)25(23(27)30-21)15-17-7-6-8-18(24)12-17/h6-10,12-14H,3-5,11,15H2,1-2H3. The van der Waals surface area contributed by atoms with Gasteiger partial charge in [-0.3, -0.25) is 14.5 Å². The van der Waals surface area contributed by atoms with Crippen molar-refractivity contribution in [3.8, 4) is 11.5 Å². The van der Waals surface area contributed by atoms with Gasteiger partial charge in [0.25, 0.3) is 11.1 Å². The van der Waals surface area contributed by atoms with Crippen LogP contribution in [0.3, 0.4) is 0 Å². The fourth-order valence-corrected chi connectivity index (χ4v) is 4.22. The van der Waals surface area contributed by atoms with Crippen molar-refractivity contribution < 1.29 is 19.1 Å². The number of rotatable bonds is 9. The van der Waals surface area contributed by atoms with Crippen LogP contribution in [0.2, 0.25) is 0 Å². The molecule has 0 spiro atoms. The third-order valence-electron chi connectivity index (χ3n) is 4.42. The summed E-state index contributed by atoms with van der Waals surface area (Å²) in [7, 11) is 0. The van der Waals surface area contributed by atoms with Crippen LogP contribution in [0.25, 0.3) is 6.08 Å². The molecule has 5 nitrogen and oxygen atoms in total. The van der Waals surface area contributed by atoms with Crippen molar-refractivity contribution in [2.24, 2.45) is 0 Å². The normalized spacial score (nSPS) is 15.2. The van der Waals surface area contributed by atoms with Gasteiger partial charge < -0.3 is 9.47 Å². The highest BCUT2D eigenvalue weighted by atomic mass is 79.9. The number of benzene rings is 2. The van der Waals surface area contributed by atoms with E-state index in [-0.39, 0.29) is 17.7 Å². The summed E-state index contributed by atoms with van der Waals surface area (Å²) in [5.74, 6) is 1.03. The smallest absolute Gasteiger partial charge is 0.293 e. The predicted octanol–water partition coefficient (Wildman–Crippen LogP) is 6.26. The Balaban J connectivity index is 1.78. The number of hydrogen-bond acceptors (Lipinski definition) is 5. The highest BCUT2D eigenvalue weighted by Crippen LogP contribution is 2.35. The molecule has 0 N–H and O–H groups in total. The van der Waals surface area contributed by atoms with Gasteiger partial charge in [-0.1, -0.05) is 47.5 Å². The third-order valence-corrected chi connectivity index (χ3v) is 5.82. The van der Waals surface area contributed by atoms with Gasteiger partial charge in [-0.15, -0.1) is 0 Å². The number of carbonyl (C=O) groups excluding carboxylic acids is 2. The Bertz CT molecular complexity index is 960. The number of amides is 2. The Hall–Kier alpha value is -2.25. The maximum absolute atomic E-state index is 12.8. The molecular formula is C23H24BrNO4S. The minimum atomic E-state index is -0.286. The molecule has 7 heteroatoms. The number of thioether (sulfide) groups is 1. The molecule has 2 aromatic rings. The van der Waals surface area contributed by atoms with Crippen molar-refractivity contribution in [3.05, 3.63) is 63.0 Å². The fourth-order valence-electron chi connectivity index (χ4n) is 2.93. The first-order valence-corrected chi connectivity index (χ1v) is 11.5. The summed E-state index contributed by atoms with van der Waals surface area (Å²) in [6, 6.07) is 13.1. The molecule has 2 aromatic carbocycles. The minimum Gasteiger partial charge on any atom is -0.490 e. The van der Waals surface area contributed by atoms with E-state index in [9.17, 15) is 9.59 Å². The van der Waals surface area contributed by atoms with Crippen LogP contribution in [0.5, 0.6) is 11.5 Å². The second-order valence-corrected chi connectivity index (χ2v) is 8.65. The molecule has 0 unspecified atom stereocenters. The second kappa shape index (κ2) is 10.7. The zero-order valence-corrected chi connectivity index (χ0v) is 19.4. The Morgan fingerprint density at radius 1 is 1.07 bits per heavy atom. The third kappa shape index (κ3) is 5.67. The lowest BCUT2D eigenvalue weighted by Gasteiger charge is -2.13. The van der Waals surface area contributed by atoms with E-state index < -0.39 is 0 Å². The van der Waals surface area contributed by atoms with Crippen LogP contribution in [0.4, 0.5) is 4.79 Å². The zero-order chi connectivity index (χ0) is 21.5. The highest BCUT2D eigenvalue weighted by Gasteiger charge is 2.35. The summed E-state index contributed by atoms with van der Waals surface area (Å²) in [6.07, 6.45) is 3.75. The van der Waals surface area contributed by atoms with Gasteiger partial charge in [0.05, 0.1) is 24.7 Å². The molecule has 0 aliphatic carbocycles. The average molecular weight is 490 g/mol. The van der Waals surface area contributed by atoms with Crippen LogP contribution < -0.4 is 9.47 Å². The summed E-state index contributed by atoms with van der Waals surface area (Å²) >= 11 is 4.37. The molecule has 0 aromatic heterocycles. The molecule has 30 heavy (non-hydrogen) atoms. The van der Waals surface area contributed by atoms with Crippen molar-refractivity contribution in [2.75, 3.05) is 13.2 Å². The lowest BCUT2D eigenvalue weighted by molar-refractivity contribution is -0.123. The van der Waals surface area contributed by atoms with Crippen LogP contribution in [0.15, 0.2) is 51.8 Å². The van der Waals surface area contributed by atoms with Gasteiger partial charge in [0.15, 0.2) is 11.5 Å². The van der Waals surface area contributed by atoms with Gasteiger partial charge in [-0.25, -0.2) is 0 Å². The Kier molecular flexibility index (Phi) is 7.99. The van der Waals surface area contributed by atoms with Crippen molar-refractivity contribution in [3.63, 3.8) is 0 Å². The van der Waals surface area contributed by atoms with E-state index in [0.29, 0.717) is 29.6 Å². The Morgan fingerprint density at radius 3 is 2.63 bits per heavy atom. The van der Waals surface area contributed by atoms with Crippen molar-refractivity contribution in [1.82, 2.24) is 4.90 Å². The maximum atomic E-state index is 12.8. The molecule has 0 saturated carbocycles. The number of imide groups is 1. The molecule has 0 bridgehead atoms. The fraction of sp³-hybridized carbons (Fsp3) is 0.304. The Morgan fingerprint density at radius 2 is 1.90 bits per heavy atom. The van der Waals surface area contributed by atoms with E-state index in [1.807, 2.05) is 49.4 Å². The predicted molar refractivity (Wildman–Crippen MR) is 124 cm³/mol. The lowest BCUT2D eigenvalue weighted by atomic mass is 10.1. The van der Waals surface area contributed by atoms with Gasteiger partial charge in [0, 0.05) is 4.47 Å². The molecule has 1 aliphatic heterocycles. The SMILES string of the molecule is CCCCOc1ccc(C=C2SC(=O)N(Cc3cccc(Br)c3)C2=O)cc1OCC. The van der Waals surface area contributed by atoms with Gasteiger partial charge in [0.2, 0.25) is 0 Å². The molecule has 1 saturated heterocycles.